The van der Waals surface area contributed by atoms with E-state index in [0.717, 1.165) is 37.7 Å². The molecule has 0 aliphatic carbocycles. The molecule has 1 saturated heterocycles. The SMILES string of the molecule is CCC(C)C1CNCCN1Cc1ccc(OC)c(OC)c1. The lowest BCUT2D eigenvalue weighted by atomic mass is 9.95. The first-order valence-corrected chi connectivity index (χ1v) is 7.85. The van der Waals surface area contributed by atoms with Crippen molar-refractivity contribution in [3.8, 4) is 11.5 Å². The third-order valence-corrected chi connectivity index (χ3v) is 4.53. The van der Waals surface area contributed by atoms with Gasteiger partial charge in [0, 0.05) is 32.2 Å². The predicted octanol–water partition coefficient (Wildman–Crippen LogP) is 2.52. The van der Waals surface area contributed by atoms with Crippen LogP contribution in [0, 0.1) is 5.92 Å². The highest BCUT2D eigenvalue weighted by atomic mass is 16.5. The fraction of sp³-hybridized carbons (Fsp3) is 0.647. The van der Waals surface area contributed by atoms with Gasteiger partial charge in [0.15, 0.2) is 11.5 Å². The lowest BCUT2D eigenvalue weighted by Crippen LogP contribution is -2.53. The van der Waals surface area contributed by atoms with Crippen molar-refractivity contribution in [2.45, 2.75) is 32.9 Å². The van der Waals surface area contributed by atoms with Crippen LogP contribution in [0.4, 0.5) is 0 Å². The quantitative estimate of drug-likeness (QED) is 0.873. The van der Waals surface area contributed by atoms with Crippen molar-refractivity contribution in [3.63, 3.8) is 0 Å². The fourth-order valence-corrected chi connectivity index (χ4v) is 3.01. The Balaban J connectivity index is 2.11. The van der Waals surface area contributed by atoms with Crippen LogP contribution in [0.1, 0.15) is 25.8 Å². The van der Waals surface area contributed by atoms with Gasteiger partial charge in [-0.05, 0) is 23.6 Å². The molecule has 0 amide bonds. The average molecular weight is 292 g/mol. The molecule has 0 bridgehead atoms. The number of hydrogen-bond donors (Lipinski definition) is 1. The van der Waals surface area contributed by atoms with E-state index < -0.39 is 0 Å². The summed E-state index contributed by atoms with van der Waals surface area (Å²) in [4.78, 5) is 2.59. The highest BCUT2D eigenvalue weighted by Crippen LogP contribution is 2.29. The summed E-state index contributed by atoms with van der Waals surface area (Å²) in [5, 5.41) is 3.52. The normalized spacial score (nSPS) is 21.0. The molecular weight excluding hydrogens is 264 g/mol. The van der Waals surface area contributed by atoms with E-state index >= 15 is 0 Å². The van der Waals surface area contributed by atoms with Crippen molar-refractivity contribution in [1.29, 1.82) is 0 Å². The molecule has 1 aliphatic heterocycles. The van der Waals surface area contributed by atoms with Crippen LogP contribution in [0.15, 0.2) is 18.2 Å². The molecule has 2 atom stereocenters. The number of rotatable bonds is 6. The zero-order valence-corrected chi connectivity index (χ0v) is 13.7. The van der Waals surface area contributed by atoms with Gasteiger partial charge in [-0.1, -0.05) is 26.3 Å². The maximum atomic E-state index is 5.41. The second-order valence-corrected chi connectivity index (χ2v) is 5.82. The van der Waals surface area contributed by atoms with Crippen molar-refractivity contribution in [2.75, 3.05) is 33.9 Å². The minimum atomic E-state index is 0.608. The molecule has 2 unspecified atom stereocenters. The Hall–Kier alpha value is -1.26. The van der Waals surface area contributed by atoms with Gasteiger partial charge in [-0.3, -0.25) is 4.90 Å². The summed E-state index contributed by atoms with van der Waals surface area (Å²) < 4.78 is 10.7. The maximum absolute atomic E-state index is 5.41. The number of nitrogens with one attached hydrogen (secondary N) is 1. The van der Waals surface area contributed by atoms with Crippen LogP contribution in [0.5, 0.6) is 11.5 Å². The molecule has 118 valence electrons. The first-order valence-electron chi connectivity index (χ1n) is 7.85. The lowest BCUT2D eigenvalue weighted by molar-refractivity contribution is 0.109. The third kappa shape index (κ3) is 3.89. The standard InChI is InChI=1S/C17H28N2O2/c1-5-13(2)15-11-18-8-9-19(15)12-14-6-7-16(20-3)17(10-14)21-4/h6-7,10,13,15,18H,5,8-9,11-12H2,1-4H3. The van der Waals surface area contributed by atoms with Gasteiger partial charge in [-0.2, -0.15) is 0 Å². The van der Waals surface area contributed by atoms with Crippen LogP contribution < -0.4 is 14.8 Å². The van der Waals surface area contributed by atoms with Crippen LogP contribution in [0.25, 0.3) is 0 Å². The van der Waals surface area contributed by atoms with Gasteiger partial charge < -0.3 is 14.8 Å². The van der Waals surface area contributed by atoms with Gasteiger partial charge in [-0.25, -0.2) is 0 Å². The first kappa shape index (κ1) is 16.1. The van der Waals surface area contributed by atoms with Crippen molar-refractivity contribution in [3.05, 3.63) is 23.8 Å². The number of methoxy groups -OCH3 is 2. The van der Waals surface area contributed by atoms with Crippen molar-refractivity contribution in [1.82, 2.24) is 10.2 Å². The monoisotopic (exact) mass is 292 g/mol. The molecule has 1 heterocycles. The molecular formula is C17H28N2O2. The van der Waals surface area contributed by atoms with Gasteiger partial charge in [0.2, 0.25) is 0 Å². The van der Waals surface area contributed by atoms with E-state index in [2.05, 4.69) is 36.2 Å². The van der Waals surface area contributed by atoms with Crippen LogP contribution in [-0.2, 0) is 6.54 Å². The molecule has 4 nitrogen and oxygen atoms in total. The average Bonchev–Trinajstić information content (AvgIpc) is 2.54. The molecule has 0 aromatic heterocycles. The Labute approximate surface area is 128 Å². The Kier molecular flexibility index (Phi) is 5.88. The zero-order chi connectivity index (χ0) is 15.2. The Morgan fingerprint density at radius 1 is 1.29 bits per heavy atom. The molecule has 0 spiro atoms. The molecule has 1 aromatic carbocycles. The van der Waals surface area contributed by atoms with E-state index in [-0.39, 0.29) is 0 Å². The number of nitrogens with zero attached hydrogens (tertiary/aromatic N) is 1. The van der Waals surface area contributed by atoms with E-state index in [1.807, 2.05) is 6.07 Å². The second-order valence-electron chi connectivity index (χ2n) is 5.82. The Bertz CT molecular complexity index is 450. The summed E-state index contributed by atoms with van der Waals surface area (Å²) in [7, 11) is 3.36. The molecule has 1 fully saturated rings. The number of piperazine rings is 1. The highest BCUT2D eigenvalue weighted by molar-refractivity contribution is 5.42. The zero-order valence-electron chi connectivity index (χ0n) is 13.7. The Morgan fingerprint density at radius 3 is 2.71 bits per heavy atom. The van der Waals surface area contributed by atoms with E-state index in [1.165, 1.54) is 12.0 Å². The van der Waals surface area contributed by atoms with Crippen LogP contribution in [0.3, 0.4) is 0 Å². The van der Waals surface area contributed by atoms with E-state index in [4.69, 9.17) is 9.47 Å². The molecule has 0 radical (unpaired) electrons. The van der Waals surface area contributed by atoms with Crippen LogP contribution >= 0.6 is 0 Å². The van der Waals surface area contributed by atoms with Crippen LogP contribution in [0.2, 0.25) is 0 Å². The van der Waals surface area contributed by atoms with E-state index in [0.29, 0.717) is 12.0 Å². The summed E-state index contributed by atoms with van der Waals surface area (Å²) in [6.07, 6.45) is 1.22. The molecule has 4 heteroatoms. The smallest absolute Gasteiger partial charge is 0.161 e. The lowest BCUT2D eigenvalue weighted by Gasteiger charge is -2.39. The largest absolute Gasteiger partial charge is 0.493 e. The molecule has 21 heavy (non-hydrogen) atoms. The minimum Gasteiger partial charge on any atom is -0.493 e. The number of hydrogen-bond acceptors (Lipinski definition) is 4. The van der Waals surface area contributed by atoms with Crippen molar-refractivity contribution >= 4 is 0 Å². The van der Waals surface area contributed by atoms with Crippen molar-refractivity contribution in [2.24, 2.45) is 5.92 Å². The second kappa shape index (κ2) is 7.66. The van der Waals surface area contributed by atoms with Crippen molar-refractivity contribution < 1.29 is 9.47 Å². The topological polar surface area (TPSA) is 33.7 Å². The van der Waals surface area contributed by atoms with Gasteiger partial charge in [-0.15, -0.1) is 0 Å². The minimum absolute atomic E-state index is 0.608. The summed E-state index contributed by atoms with van der Waals surface area (Å²) in [6.45, 7) is 8.84. The third-order valence-electron chi connectivity index (χ3n) is 4.53. The molecule has 1 aliphatic rings. The molecule has 2 rings (SSSR count). The van der Waals surface area contributed by atoms with E-state index in [1.54, 1.807) is 14.2 Å². The Morgan fingerprint density at radius 2 is 2.05 bits per heavy atom. The van der Waals surface area contributed by atoms with Gasteiger partial charge in [0.05, 0.1) is 14.2 Å². The molecule has 1 N–H and O–H groups in total. The predicted molar refractivity (Wildman–Crippen MR) is 86.1 cm³/mol. The number of ether oxygens (including phenoxy) is 2. The summed E-state index contributed by atoms with van der Waals surface area (Å²) in [5.74, 6) is 2.31. The molecule has 1 aromatic rings. The number of benzene rings is 1. The van der Waals surface area contributed by atoms with E-state index in [9.17, 15) is 0 Å². The van der Waals surface area contributed by atoms with Gasteiger partial charge in [0.1, 0.15) is 0 Å². The highest BCUT2D eigenvalue weighted by Gasteiger charge is 2.26. The first-order chi connectivity index (χ1) is 10.2. The summed E-state index contributed by atoms with van der Waals surface area (Å²) >= 11 is 0. The fourth-order valence-electron chi connectivity index (χ4n) is 3.01. The summed E-state index contributed by atoms with van der Waals surface area (Å²) in [5.41, 5.74) is 1.28. The van der Waals surface area contributed by atoms with Crippen LogP contribution in [-0.4, -0.2) is 44.8 Å². The van der Waals surface area contributed by atoms with Gasteiger partial charge in [0.25, 0.3) is 0 Å². The maximum Gasteiger partial charge on any atom is 0.161 e. The van der Waals surface area contributed by atoms with Gasteiger partial charge >= 0.3 is 0 Å². The summed E-state index contributed by atoms with van der Waals surface area (Å²) in [6, 6.07) is 6.83. The molecule has 0 saturated carbocycles.